The van der Waals surface area contributed by atoms with Crippen LogP contribution < -0.4 is 0 Å². The van der Waals surface area contributed by atoms with E-state index in [-0.39, 0.29) is 0 Å². The third-order valence-corrected chi connectivity index (χ3v) is 1.55. The molecule has 0 saturated carbocycles. The minimum Gasteiger partial charge on any atom is -0.444 e. The lowest BCUT2D eigenvalue weighted by Gasteiger charge is -1.90. The minimum absolute atomic E-state index is 0.648. The van der Waals surface area contributed by atoms with Gasteiger partial charge in [0.15, 0.2) is 0 Å². The number of hydrogen-bond donors (Lipinski definition) is 0. The highest BCUT2D eigenvalue weighted by atomic mass is 16.3. The topological polar surface area (TPSA) is 38.9 Å². The van der Waals surface area contributed by atoms with Crippen molar-refractivity contribution in [3.8, 4) is 11.5 Å². The Kier molecular flexibility index (Phi) is 1.63. The van der Waals surface area contributed by atoms with Crippen LogP contribution >= 0.6 is 0 Å². The van der Waals surface area contributed by atoms with E-state index in [1.165, 1.54) is 0 Å². The third kappa shape index (κ3) is 1.21. The van der Waals surface area contributed by atoms with Crippen molar-refractivity contribution >= 4 is 0 Å². The lowest BCUT2D eigenvalue weighted by Crippen LogP contribution is -1.77. The highest BCUT2D eigenvalue weighted by Crippen LogP contribution is 2.16. The van der Waals surface area contributed by atoms with Gasteiger partial charge in [0, 0.05) is 18.0 Å². The molecule has 0 N–H and O–H groups in total. The van der Waals surface area contributed by atoms with Gasteiger partial charge in [0.25, 0.3) is 0 Å². The first-order chi connectivity index (χ1) is 5.86. The molecule has 2 aromatic rings. The number of aromatic nitrogens is 2. The average Bonchev–Trinajstić information content (AvgIpc) is 2.54. The summed E-state index contributed by atoms with van der Waals surface area (Å²) in [6.07, 6.45) is 5.07. The van der Waals surface area contributed by atoms with E-state index < -0.39 is 0 Å². The molecule has 0 bridgehead atoms. The molecule has 0 aliphatic heterocycles. The third-order valence-electron chi connectivity index (χ3n) is 1.55. The smallest absolute Gasteiger partial charge is 0.226 e. The standard InChI is InChI=1S/C9H8N2O/c1-7-6-12-9(11-7)8-2-4-10-5-3-8/h2-6H,1H3. The Labute approximate surface area is 70.1 Å². The minimum atomic E-state index is 0.648. The van der Waals surface area contributed by atoms with E-state index in [2.05, 4.69) is 9.97 Å². The second-order valence-corrected chi connectivity index (χ2v) is 2.53. The summed E-state index contributed by atoms with van der Waals surface area (Å²) in [7, 11) is 0. The molecule has 0 aliphatic carbocycles. The molecule has 0 atom stereocenters. The Morgan fingerprint density at radius 3 is 2.58 bits per heavy atom. The van der Waals surface area contributed by atoms with Gasteiger partial charge in [0.1, 0.15) is 6.26 Å². The maximum atomic E-state index is 5.21. The summed E-state index contributed by atoms with van der Waals surface area (Å²) in [6.45, 7) is 1.90. The fourth-order valence-corrected chi connectivity index (χ4v) is 0.981. The molecule has 0 spiro atoms. The molecule has 3 nitrogen and oxygen atoms in total. The predicted octanol–water partition coefficient (Wildman–Crippen LogP) is 2.05. The zero-order valence-corrected chi connectivity index (χ0v) is 6.69. The highest BCUT2D eigenvalue weighted by Gasteiger charge is 2.01. The molecule has 12 heavy (non-hydrogen) atoms. The second-order valence-electron chi connectivity index (χ2n) is 2.53. The quantitative estimate of drug-likeness (QED) is 0.640. The van der Waals surface area contributed by atoms with Crippen molar-refractivity contribution in [3.63, 3.8) is 0 Å². The largest absolute Gasteiger partial charge is 0.444 e. The zero-order valence-electron chi connectivity index (χ0n) is 6.69. The summed E-state index contributed by atoms with van der Waals surface area (Å²) in [6, 6.07) is 3.73. The van der Waals surface area contributed by atoms with Crippen molar-refractivity contribution in [2.24, 2.45) is 0 Å². The number of pyridine rings is 1. The highest BCUT2D eigenvalue weighted by molar-refractivity contribution is 5.51. The SMILES string of the molecule is Cc1coc(-c2ccncc2)n1. The molecule has 2 aromatic heterocycles. The Bertz CT molecular complexity index is 367. The van der Waals surface area contributed by atoms with Crippen molar-refractivity contribution < 1.29 is 4.42 Å². The number of rotatable bonds is 1. The summed E-state index contributed by atoms with van der Waals surface area (Å²) >= 11 is 0. The van der Waals surface area contributed by atoms with E-state index in [9.17, 15) is 0 Å². The van der Waals surface area contributed by atoms with Gasteiger partial charge in [-0.3, -0.25) is 4.98 Å². The van der Waals surface area contributed by atoms with Crippen LogP contribution in [-0.2, 0) is 0 Å². The summed E-state index contributed by atoms with van der Waals surface area (Å²) < 4.78 is 5.21. The van der Waals surface area contributed by atoms with E-state index in [0.717, 1.165) is 11.3 Å². The summed E-state index contributed by atoms with van der Waals surface area (Å²) in [5.74, 6) is 0.648. The molecule has 2 rings (SSSR count). The van der Waals surface area contributed by atoms with E-state index in [1.54, 1.807) is 18.7 Å². The molecule has 0 fully saturated rings. The first-order valence-electron chi connectivity index (χ1n) is 3.69. The van der Waals surface area contributed by atoms with Crippen molar-refractivity contribution in [2.45, 2.75) is 6.92 Å². The molecule has 2 heterocycles. The zero-order chi connectivity index (χ0) is 8.39. The van der Waals surface area contributed by atoms with Crippen LogP contribution in [0.5, 0.6) is 0 Å². The monoisotopic (exact) mass is 160 g/mol. The predicted molar refractivity (Wildman–Crippen MR) is 44.5 cm³/mol. The van der Waals surface area contributed by atoms with Crippen molar-refractivity contribution in [1.82, 2.24) is 9.97 Å². The van der Waals surface area contributed by atoms with Crippen molar-refractivity contribution in [2.75, 3.05) is 0 Å². The first-order valence-corrected chi connectivity index (χ1v) is 3.69. The Morgan fingerprint density at radius 2 is 2.00 bits per heavy atom. The van der Waals surface area contributed by atoms with Crippen LogP contribution in [0.4, 0.5) is 0 Å². The number of hydrogen-bond acceptors (Lipinski definition) is 3. The van der Waals surface area contributed by atoms with Gasteiger partial charge >= 0.3 is 0 Å². The first kappa shape index (κ1) is 7.03. The molecular formula is C9H8N2O. The van der Waals surface area contributed by atoms with Crippen LogP contribution in [0.25, 0.3) is 11.5 Å². The fourth-order valence-electron chi connectivity index (χ4n) is 0.981. The molecule has 0 radical (unpaired) electrons. The number of oxazole rings is 1. The maximum absolute atomic E-state index is 5.21. The average molecular weight is 160 g/mol. The maximum Gasteiger partial charge on any atom is 0.226 e. The van der Waals surface area contributed by atoms with Crippen molar-refractivity contribution in [3.05, 3.63) is 36.5 Å². The molecule has 0 unspecified atom stereocenters. The fraction of sp³-hybridized carbons (Fsp3) is 0.111. The van der Waals surface area contributed by atoms with Gasteiger partial charge in [-0.1, -0.05) is 0 Å². The normalized spacial score (nSPS) is 10.1. The molecule has 0 saturated heterocycles. The second kappa shape index (κ2) is 2.77. The lowest BCUT2D eigenvalue weighted by molar-refractivity contribution is 0.573. The van der Waals surface area contributed by atoms with E-state index >= 15 is 0 Å². The van der Waals surface area contributed by atoms with Gasteiger partial charge < -0.3 is 4.42 Å². The lowest BCUT2D eigenvalue weighted by atomic mass is 10.3. The summed E-state index contributed by atoms with van der Waals surface area (Å²) in [5.41, 5.74) is 1.85. The summed E-state index contributed by atoms with van der Waals surface area (Å²) in [5, 5.41) is 0. The van der Waals surface area contributed by atoms with E-state index in [1.807, 2.05) is 19.1 Å². The van der Waals surface area contributed by atoms with Crippen LogP contribution in [0.2, 0.25) is 0 Å². The van der Waals surface area contributed by atoms with Gasteiger partial charge in [-0.15, -0.1) is 0 Å². The van der Waals surface area contributed by atoms with Crippen molar-refractivity contribution in [1.29, 1.82) is 0 Å². The molecule has 60 valence electrons. The Morgan fingerprint density at radius 1 is 1.25 bits per heavy atom. The van der Waals surface area contributed by atoms with E-state index in [0.29, 0.717) is 5.89 Å². The van der Waals surface area contributed by atoms with Crippen LogP contribution in [0.1, 0.15) is 5.69 Å². The molecular weight excluding hydrogens is 152 g/mol. The van der Waals surface area contributed by atoms with Gasteiger partial charge in [-0.25, -0.2) is 4.98 Å². The number of aryl methyl sites for hydroxylation is 1. The van der Waals surface area contributed by atoms with Gasteiger partial charge in [0.05, 0.1) is 5.69 Å². The van der Waals surface area contributed by atoms with Crippen LogP contribution in [0.3, 0.4) is 0 Å². The van der Waals surface area contributed by atoms with Crippen LogP contribution in [0, 0.1) is 6.92 Å². The van der Waals surface area contributed by atoms with Gasteiger partial charge in [-0.05, 0) is 19.1 Å². The van der Waals surface area contributed by atoms with Gasteiger partial charge in [0.2, 0.25) is 5.89 Å². The Hall–Kier alpha value is -1.64. The molecule has 3 heteroatoms. The Balaban J connectivity index is 2.45. The van der Waals surface area contributed by atoms with Gasteiger partial charge in [-0.2, -0.15) is 0 Å². The molecule has 0 aromatic carbocycles. The van der Waals surface area contributed by atoms with Crippen LogP contribution in [0.15, 0.2) is 35.2 Å². The van der Waals surface area contributed by atoms with Crippen LogP contribution in [-0.4, -0.2) is 9.97 Å². The van der Waals surface area contributed by atoms with E-state index in [4.69, 9.17) is 4.42 Å². The summed E-state index contributed by atoms with van der Waals surface area (Å²) in [4.78, 5) is 8.09. The number of nitrogens with zero attached hydrogens (tertiary/aromatic N) is 2. The molecule has 0 amide bonds. The molecule has 0 aliphatic rings.